The molecule has 3 nitrogen and oxygen atoms in total. The van der Waals surface area contributed by atoms with Crippen LogP contribution in [0.1, 0.15) is 0 Å². The molecule has 0 bridgehead atoms. The molecule has 61 heavy (non-hydrogen) atoms. The Hall–Kier alpha value is -8.14. The van der Waals surface area contributed by atoms with Crippen LogP contribution in [0, 0.1) is 0 Å². The maximum atomic E-state index is 6.38. The van der Waals surface area contributed by atoms with Gasteiger partial charge in [-0.15, -0.1) is 0 Å². The lowest BCUT2D eigenvalue weighted by Gasteiger charge is -2.28. The molecule has 10 aromatic carbocycles. The molecule has 0 fully saturated rings. The molecule has 2 aromatic heterocycles. The Morgan fingerprint density at radius 2 is 0.820 bits per heavy atom. The van der Waals surface area contributed by atoms with Crippen LogP contribution < -0.4 is 4.90 Å². The zero-order valence-electron chi connectivity index (χ0n) is 33.2. The van der Waals surface area contributed by atoms with Crippen LogP contribution in [0.4, 0.5) is 17.1 Å². The van der Waals surface area contributed by atoms with Crippen LogP contribution in [0.5, 0.6) is 0 Å². The van der Waals surface area contributed by atoms with Gasteiger partial charge in [0.2, 0.25) is 0 Å². The summed E-state index contributed by atoms with van der Waals surface area (Å²) in [6, 6.07) is 82.9. The number of fused-ring (bicyclic) bond motifs is 7. The highest BCUT2D eigenvalue weighted by Gasteiger charge is 2.21. The second kappa shape index (κ2) is 14.3. The van der Waals surface area contributed by atoms with Gasteiger partial charge < -0.3 is 13.9 Å². The van der Waals surface area contributed by atoms with Gasteiger partial charge in [0.1, 0.15) is 11.2 Å². The summed E-state index contributed by atoms with van der Waals surface area (Å²) >= 11 is 0. The summed E-state index contributed by atoms with van der Waals surface area (Å²) in [7, 11) is 0. The van der Waals surface area contributed by atoms with Gasteiger partial charge in [0.05, 0.1) is 16.7 Å². The molecule has 286 valence electrons. The van der Waals surface area contributed by atoms with Crippen molar-refractivity contribution in [1.82, 2.24) is 4.57 Å². The maximum Gasteiger partial charge on any atom is 0.136 e. The third-order valence-electron chi connectivity index (χ3n) is 12.2. The quantitative estimate of drug-likeness (QED) is 0.161. The van der Waals surface area contributed by atoms with Crippen LogP contribution >= 0.6 is 0 Å². The van der Waals surface area contributed by atoms with Gasteiger partial charge in [-0.05, 0) is 105 Å². The van der Waals surface area contributed by atoms with Crippen molar-refractivity contribution in [2.24, 2.45) is 0 Å². The average molecular weight is 779 g/mol. The minimum Gasteiger partial charge on any atom is -0.456 e. The van der Waals surface area contributed by atoms with Gasteiger partial charge in [0.25, 0.3) is 0 Å². The number of anilines is 3. The van der Waals surface area contributed by atoms with Crippen molar-refractivity contribution in [3.8, 4) is 39.1 Å². The van der Waals surface area contributed by atoms with Crippen LogP contribution in [-0.4, -0.2) is 4.57 Å². The Balaban J connectivity index is 0.967. The number of hydrogen-bond acceptors (Lipinski definition) is 2. The minimum atomic E-state index is 0.882. The van der Waals surface area contributed by atoms with Gasteiger partial charge in [-0.25, -0.2) is 0 Å². The molecule has 0 unspecified atom stereocenters. The van der Waals surface area contributed by atoms with Crippen LogP contribution in [0.3, 0.4) is 0 Å². The molecule has 0 aliphatic heterocycles. The molecule has 0 aliphatic rings. The van der Waals surface area contributed by atoms with E-state index in [9.17, 15) is 0 Å². The van der Waals surface area contributed by atoms with Crippen molar-refractivity contribution in [2.75, 3.05) is 4.90 Å². The van der Waals surface area contributed by atoms with Crippen molar-refractivity contribution in [2.45, 2.75) is 0 Å². The molecule has 0 spiro atoms. The third-order valence-corrected chi connectivity index (χ3v) is 12.2. The van der Waals surface area contributed by atoms with E-state index >= 15 is 0 Å². The van der Waals surface area contributed by atoms with Crippen molar-refractivity contribution in [3.63, 3.8) is 0 Å². The van der Waals surface area contributed by atoms with E-state index in [2.05, 4.69) is 228 Å². The Labute approximate surface area is 353 Å². The standard InChI is InChI=1S/C58H38N2O/c1-2-15-46-41(13-1)14-11-20-47(46)42-31-37-44(38-32-42)59(53-22-7-5-18-50(53)51-21-12-26-57-58(51)52-19-6-10-25-56(52)61-57)43-33-27-39(28-34-43)40-29-35-45(36-30-40)60-54-23-8-3-16-48(54)49-17-4-9-24-55(49)60/h1-38H. The average Bonchev–Trinajstić information content (AvgIpc) is 3.88. The number of benzene rings is 10. The molecular formula is C58H38N2O. The van der Waals surface area contributed by atoms with E-state index in [1.165, 1.54) is 49.3 Å². The molecular weight excluding hydrogens is 741 g/mol. The number of aromatic nitrogens is 1. The first-order valence-electron chi connectivity index (χ1n) is 20.8. The molecule has 0 atom stereocenters. The fraction of sp³-hybridized carbons (Fsp3) is 0. The lowest BCUT2D eigenvalue weighted by Crippen LogP contribution is -2.11. The first-order chi connectivity index (χ1) is 30.3. The van der Waals surface area contributed by atoms with E-state index in [0.717, 1.165) is 61.4 Å². The monoisotopic (exact) mass is 778 g/mol. The predicted molar refractivity (Wildman–Crippen MR) is 257 cm³/mol. The van der Waals surface area contributed by atoms with E-state index in [1.807, 2.05) is 12.1 Å². The largest absolute Gasteiger partial charge is 0.456 e. The predicted octanol–water partition coefficient (Wildman–Crippen LogP) is 16.3. The van der Waals surface area contributed by atoms with Gasteiger partial charge in [-0.2, -0.15) is 0 Å². The van der Waals surface area contributed by atoms with Crippen LogP contribution in [0.25, 0.3) is 93.6 Å². The number of nitrogens with zero attached hydrogens (tertiary/aromatic N) is 2. The molecule has 0 aliphatic carbocycles. The maximum absolute atomic E-state index is 6.38. The second-order valence-electron chi connectivity index (χ2n) is 15.7. The van der Waals surface area contributed by atoms with Gasteiger partial charge >= 0.3 is 0 Å². The molecule has 2 heterocycles. The number of para-hydroxylation sites is 4. The van der Waals surface area contributed by atoms with E-state index in [0.29, 0.717) is 0 Å². The van der Waals surface area contributed by atoms with E-state index in [-0.39, 0.29) is 0 Å². The van der Waals surface area contributed by atoms with Crippen molar-refractivity contribution in [1.29, 1.82) is 0 Å². The fourth-order valence-electron chi connectivity index (χ4n) is 9.40. The molecule has 12 rings (SSSR count). The summed E-state index contributed by atoms with van der Waals surface area (Å²) in [6.07, 6.45) is 0. The van der Waals surface area contributed by atoms with Crippen molar-refractivity contribution < 1.29 is 4.42 Å². The van der Waals surface area contributed by atoms with Crippen LogP contribution in [-0.2, 0) is 0 Å². The molecule has 0 radical (unpaired) electrons. The van der Waals surface area contributed by atoms with Crippen molar-refractivity contribution >= 4 is 71.6 Å². The van der Waals surface area contributed by atoms with Gasteiger partial charge in [-0.1, -0.05) is 164 Å². The van der Waals surface area contributed by atoms with Gasteiger partial charge in [-0.3, -0.25) is 0 Å². The highest BCUT2D eigenvalue weighted by atomic mass is 16.3. The Kier molecular flexibility index (Phi) is 8.17. The normalized spacial score (nSPS) is 11.6. The van der Waals surface area contributed by atoms with Gasteiger partial charge in [0, 0.05) is 44.2 Å². The highest BCUT2D eigenvalue weighted by Crippen LogP contribution is 2.45. The zero-order valence-corrected chi connectivity index (χ0v) is 33.2. The summed E-state index contributed by atoms with van der Waals surface area (Å²) in [5.41, 5.74) is 15.6. The lowest BCUT2D eigenvalue weighted by molar-refractivity contribution is 0.669. The highest BCUT2D eigenvalue weighted by molar-refractivity contribution is 6.14. The molecule has 0 saturated heterocycles. The number of rotatable bonds is 7. The summed E-state index contributed by atoms with van der Waals surface area (Å²) < 4.78 is 8.74. The molecule has 0 saturated carbocycles. The molecule has 3 heteroatoms. The van der Waals surface area contributed by atoms with Gasteiger partial charge in [0.15, 0.2) is 0 Å². The summed E-state index contributed by atoms with van der Waals surface area (Å²) in [4.78, 5) is 2.39. The van der Waals surface area contributed by atoms with Crippen molar-refractivity contribution in [3.05, 3.63) is 231 Å². The molecule has 0 N–H and O–H groups in total. The Morgan fingerprint density at radius 3 is 1.54 bits per heavy atom. The van der Waals surface area contributed by atoms with E-state index < -0.39 is 0 Å². The number of furan rings is 1. The molecule has 12 aromatic rings. The summed E-state index contributed by atoms with van der Waals surface area (Å²) in [5.74, 6) is 0. The second-order valence-corrected chi connectivity index (χ2v) is 15.7. The first kappa shape index (κ1) is 34.9. The molecule has 0 amide bonds. The summed E-state index contributed by atoms with van der Waals surface area (Å²) in [5, 5.41) is 7.25. The Bertz CT molecular complexity index is 3520. The SMILES string of the molecule is c1ccc(N(c2ccc(-c3ccc(-n4c5ccccc5c5ccccc54)cc3)cc2)c2ccc(-c3cccc4ccccc34)cc2)c(-c2cccc3oc4ccccc4c23)c1. The fourth-order valence-corrected chi connectivity index (χ4v) is 9.40. The number of hydrogen-bond donors (Lipinski definition) is 0. The minimum absolute atomic E-state index is 0.882. The van der Waals surface area contributed by atoms with Crippen LogP contribution in [0.2, 0.25) is 0 Å². The smallest absolute Gasteiger partial charge is 0.136 e. The topological polar surface area (TPSA) is 21.3 Å². The Morgan fingerprint density at radius 1 is 0.328 bits per heavy atom. The summed E-state index contributed by atoms with van der Waals surface area (Å²) in [6.45, 7) is 0. The zero-order chi connectivity index (χ0) is 40.3. The first-order valence-corrected chi connectivity index (χ1v) is 20.8. The van der Waals surface area contributed by atoms with E-state index in [1.54, 1.807) is 0 Å². The van der Waals surface area contributed by atoms with Crippen LogP contribution in [0.15, 0.2) is 235 Å². The third kappa shape index (κ3) is 5.82. The lowest BCUT2D eigenvalue weighted by atomic mass is 9.96. The van der Waals surface area contributed by atoms with E-state index in [4.69, 9.17) is 4.42 Å².